The van der Waals surface area contributed by atoms with Gasteiger partial charge in [0.25, 0.3) is 0 Å². The number of hydrogen-bond acceptors (Lipinski definition) is 8. The second kappa shape index (κ2) is 10.2. The number of carbonyl (C=O) groups excluding carboxylic acids is 1. The number of rotatable bonds is 5. The monoisotopic (exact) mass is 511 g/mol. The highest BCUT2D eigenvalue weighted by atomic mass is 16.5. The highest BCUT2D eigenvalue weighted by Crippen LogP contribution is 2.29. The van der Waals surface area contributed by atoms with Crippen LogP contribution in [0.1, 0.15) is 24.8 Å². The third kappa shape index (κ3) is 4.70. The molecule has 0 aromatic carbocycles. The van der Waals surface area contributed by atoms with Crippen molar-refractivity contribution in [3.8, 4) is 28.6 Å². The summed E-state index contributed by atoms with van der Waals surface area (Å²) in [5, 5.41) is 18.3. The van der Waals surface area contributed by atoms with E-state index in [0.29, 0.717) is 47.9 Å². The molecule has 11 nitrogen and oxygen atoms in total. The zero-order valence-electron chi connectivity index (χ0n) is 21.3. The molecule has 0 unspecified atom stereocenters. The molecule has 2 saturated heterocycles. The van der Waals surface area contributed by atoms with Gasteiger partial charge in [-0.25, -0.2) is 14.5 Å². The molecule has 4 aromatic rings. The van der Waals surface area contributed by atoms with E-state index in [0.717, 1.165) is 56.1 Å². The van der Waals surface area contributed by atoms with E-state index in [4.69, 9.17) is 14.7 Å². The Balaban J connectivity index is 1.19. The standard InChI is InChI=1S/C27H29N9O2/c1-33-17-22(16-30-33)23-18-36-27(21(13-28)15-31-36)26(32-23)20-2-3-24(29-14-20)34-6-8-35(9-7-34)25(37)12-19-4-10-38-11-5-19/h2-3,14-19H,4-12H2,1H3. The van der Waals surface area contributed by atoms with Crippen molar-refractivity contribution in [2.24, 2.45) is 13.0 Å². The van der Waals surface area contributed by atoms with Crippen molar-refractivity contribution in [1.82, 2.24) is 34.3 Å². The molecule has 6 heterocycles. The fraction of sp³-hybridized carbons (Fsp3) is 0.407. The smallest absolute Gasteiger partial charge is 0.222 e. The van der Waals surface area contributed by atoms with Crippen LogP contribution in [0.15, 0.2) is 43.1 Å². The van der Waals surface area contributed by atoms with Crippen LogP contribution in [0, 0.1) is 17.2 Å². The van der Waals surface area contributed by atoms with Gasteiger partial charge < -0.3 is 14.5 Å². The summed E-state index contributed by atoms with van der Waals surface area (Å²) < 4.78 is 8.83. The third-order valence-corrected chi connectivity index (χ3v) is 7.40. The third-order valence-electron chi connectivity index (χ3n) is 7.40. The minimum absolute atomic E-state index is 0.248. The van der Waals surface area contributed by atoms with Crippen LogP contribution in [0.4, 0.5) is 5.82 Å². The Hall–Kier alpha value is -4.30. The minimum atomic E-state index is 0.248. The molecule has 2 aliphatic heterocycles. The molecule has 11 heteroatoms. The number of aromatic nitrogens is 6. The molecule has 1 amide bonds. The average molecular weight is 512 g/mol. The van der Waals surface area contributed by atoms with Crippen molar-refractivity contribution in [3.05, 3.63) is 48.7 Å². The molecule has 2 aliphatic rings. The van der Waals surface area contributed by atoms with Crippen LogP contribution in [-0.4, -0.2) is 79.6 Å². The number of aryl methyl sites for hydroxylation is 1. The maximum atomic E-state index is 12.8. The summed E-state index contributed by atoms with van der Waals surface area (Å²) in [4.78, 5) is 26.6. The van der Waals surface area contributed by atoms with E-state index in [1.807, 2.05) is 30.3 Å². The number of pyridine rings is 1. The fourth-order valence-electron chi connectivity index (χ4n) is 5.21. The second-order valence-corrected chi connectivity index (χ2v) is 9.87. The lowest BCUT2D eigenvalue weighted by Crippen LogP contribution is -2.49. The van der Waals surface area contributed by atoms with Crippen LogP contribution in [-0.2, 0) is 16.6 Å². The molecule has 0 bridgehead atoms. The van der Waals surface area contributed by atoms with Gasteiger partial charge in [-0.05, 0) is 30.9 Å². The number of anilines is 1. The fourth-order valence-corrected chi connectivity index (χ4v) is 5.21. The first kappa shape index (κ1) is 24.1. The molecule has 6 rings (SSSR count). The number of amides is 1. The molecular weight excluding hydrogens is 482 g/mol. The van der Waals surface area contributed by atoms with E-state index in [2.05, 4.69) is 21.2 Å². The Morgan fingerprint density at radius 3 is 2.55 bits per heavy atom. The predicted octanol–water partition coefficient (Wildman–Crippen LogP) is 2.53. The van der Waals surface area contributed by atoms with Crippen LogP contribution in [0.3, 0.4) is 0 Å². The minimum Gasteiger partial charge on any atom is -0.381 e. The van der Waals surface area contributed by atoms with Gasteiger partial charge in [0, 0.05) is 76.4 Å². The molecule has 38 heavy (non-hydrogen) atoms. The lowest BCUT2D eigenvalue weighted by Gasteiger charge is -2.36. The number of piperazine rings is 1. The van der Waals surface area contributed by atoms with Gasteiger partial charge in [0.05, 0.1) is 30.0 Å². The summed E-state index contributed by atoms with van der Waals surface area (Å²) in [5.41, 5.74) is 4.11. The molecule has 0 aliphatic carbocycles. The van der Waals surface area contributed by atoms with Crippen molar-refractivity contribution in [1.29, 1.82) is 5.26 Å². The van der Waals surface area contributed by atoms with Crippen molar-refractivity contribution in [2.45, 2.75) is 19.3 Å². The Bertz CT molecular complexity index is 1490. The SMILES string of the molecule is Cn1cc(-c2cn3ncc(C#N)c3c(-c3ccc(N4CCN(C(=O)CC5CCOCC5)CC4)nc3)n2)cn1. The Labute approximate surface area is 220 Å². The summed E-state index contributed by atoms with van der Waals surface area (Å²) in [5.74, 6) is 1.55. The average Bonchev–Trinajstić information content (AvgIpc) is 3.59. The van der Waals surface area contributed by atoms with Crippen LogP contribution < -0.4 is 4.90 Å². The van der Waals surface area contributed by atoms with Crippen molar-refractivity contribution >= 4 is 17.2 Å². The Kier molecular flexibility index (Phi) is 6.47. The van der Waals surface area contributed by atoms with E-state index in [9.17, 15) is 10.1 Å². The summed E-state index contributed by atoms with van der Waals surface area (Å²) in [7, 11) is 1.86. The van der Waals surface area contributed by atoms with Gasteiger partial charge in [0.1, 0.15) is 23.0 Å². The van der Waals surface area contributed by atoms with Gasteiger partial charge in [-0.3, -0.25) is 9.48 Å². The molecule has 0 atom stereocenters. The summed E-state index contributed by atoms with van der Waals surface area (Å²) in [6.45, 7) is 4.41. The molecule has 0 radical (unpaired) electrons. The van der Waals surface area contributed by atoms with E-state index in [1.54, 1.807) is 34.0 Å². The molecule has 2 fully saturated rings. The number of hydrogen-bond donors (Lipinski definition) is 0. The lowest BCUT2D eigenvalue weighted by atomic mass is 9.96. The molecular formula is C27H29N9O2. The van der Waals surface area contributed by atoms with Gasteiger partial charge in [0.2, 0.25) is 5.91 Å². The highest BCUT2D eigenvalue weighted by molar-refractivity contribution is 5.83. The van der Waals surface area contributed by atoms with Crippen LogP contribution in [0.5, 0.6) is 0 Å². The predicted molar refractivity (Wildman–Crippen MR) is 140 cm³/mol. The quantitative estimate of drug-likeness (QED) is 0.401. The van der Waals surface area contributed by atoms with E-state index in [1.165, 1.54) is 0 Å². The first-order valence-electron chi connectivity index (χ1n) is 12.9. The van der Waals surface area contributed by atoms with Gasteiger partial charge in [0.15, 0.2) is 0 Å². The van der Waals surface area contributed by atoms with Crippen LogP contribution in [0.2, 0.25) is 0 Å². The summed E-state index contributed by atoms with van der Waals surface area (Å²) in [6, 6.07) is 6.18. The molecule has 0 N–H and O–H groups in total. The normalized spacial score (nSPS) is 16.6. The molecule has 0 spiro atoms. The zero-order chi connectivity index (χ0) is 26.1. The zero-order valence-corrected chi connectivity index (χ0v) is 21.3. The van der Waals surface area contributed by atoms with Gasteiger partial charge in [-0.2, -0.15) is 15.5 Å². The molecule has 194 valence electrons. The number of nitriles is 1. The van der Waals surface area contributed by atoms with Crippen LogP contribution >= 0.6 is 0 Å². The topological polar surface area (TPSA) is 117 Å². The van der Waals surface area contributed by atoms with Gasteiger partial charge >= 0.3 is 0 Å². The van der Waals surface area contributed by atoms with Gasteiger partial charge in [-0.1, -0.05) is 0 Å². The first-order valence-corrected chi connectivity index (χ1v) is 12.9. The largest absolute Gasteiger partial charge is 0.381 e. The second-order valence-electron chi connectivity index (χ2n) is 9.87. The summed E-state index contributed by atoms with van der Waals surface area (Å²) >= 11 is 0. The Morgan fingerprint density at radius 1 is 1.05 bits per heavy atom. The number of nitrogens with zero attached hydrogens (tertiary/aromatic N) is 9. The number of fused-ring (bicyclic) bond motifs is 1. The number of ether oxygens (including phenoxy) is 1. The van der Waals surface area contributed by atoms with Crippen molar-refractivity contribution < 1.29 is 9.53 Å². The van der Waals surface area contributed by atoms with E-state index >= 15 is 0 Å². The molecule has 0 saturated carbocycles. The van der Waals surface area contributed by atoms with Gasteiger partial charge in [-0.15, -0.1) is 0 Å². The molecule has 4 aromatic heterocycles. The first-order chi connectivity index (χ1) is 18.6. The van der Waals surface area contributed by atoms with Crippen molar-refractivity contribution in [2.75, 3.05) is 44.3 Å². The Morgan fingerprint density at radius 2 is 1.87 bits per heavy atom. The highest BCUT2D eigenvalue weighted by Gasteiger charge is 2.25. The van der Waals surface area contributed by atoms with Crippen molar-refractivity contribution in [3.63, 3.8) is 0 Å². The van der Waals surface area contributed by atoms with Crippen LogP contribution in [0.25, 0.3) is 28.0 Å². The lowest BCUT2D eigenvalue weighted by molar-refractivity contribution is -0.133. The maximum Gasteiger partial charge on any atom is 0.222 e. The van der Waals surface area contributed by atoms with E-state index < -0.39 is 0 Å². The summed E-state index contributed by atoms with van der Waals surface area (Å²) in [6.07, 6.45) is 11.4. The number of carbonyl (C=O) groups is 1. The van der Waals surface area contributed by atoms with E-state index in [-0.39, 0.29) is 5.91 Å². The maximum absolute atomic E-state index is 12.8.